The van der Waals surface area contributed by atoms with Gasteiger partial charge in [0.25, 0.3) is 5.91 Å². The molecule has 1 amide bonds. The van der Waals surface area contributed by atoms with Crippen molar-refractivity contribution in [3.8, 4) is 5.75 Å². The van der Waals surface area contributed by atoms with E-state index in [0.29, 0.717) is 17.9 Å². The first-order valence-corrected chi connectivity index (χ1v) is 8.05. The van der Waals surface area contributed by atoms with E-state index in [-0.39, 0.29) is 18.0 Å². The highest BCUT2D eigenvalue weighted by Crippen LogP contribution is 2.49. The van der Waals surface area contributed by atoms with Crippen LogP contribution in [0, 0.1) is 0 Å². The highest BCUT2D eigenvalue weighted by atomic mass is 79.9. The van der Waals surface area contributed by atoms with E-state index < -0.39 is 11.6 Å². The average Bonchev–Trinajstić information content (AvgIpc) is 2.74. The van der Waals surface area contributed by atoms with Gasteiger partial charge in [0.15, 0.2) is 5.96 Å². The third-order valence-corrected chi connectivity index (χ3v) is 5.07. The van der Waals surface area contributed by atoms with Crippen LogP contribution in [0.1, 0.15) is 18.4 Å². The molecule has 3 aliphatic heterocycles. The SMILES string of the molecule is CN1C(=O)[C@]2(N=C1N)c1cc(Br)ccc1O[C@H]1CCCO[C@@H]12. The molecule has 0 unspecified atom stereocenters. The molecule has 1 aromatic rings. The van der Waals surface area contributed by atoms with Crippen LogP contribution in [0.4, 0.5) is 0 Å². The minimum Gasteiger partial charge on any atom is -0.487 e. The van der Waals surface area contributed by atoms with Crippen molar-refractivity contribution in [2.45, 2.75) is 30.6 Å². The fraction of sp³-hybridized carbons (Fsp3) is 0.467. The molecule has 0 radical (unpaired) electrons. The molecular formula is C15H16BrN3O3. The van der Waals surface area contributed by atoms with Gasteiger partial charge in [-0.1, -0.05) is 15.9 Å². The topological polar surface area (TPSA) is 77.2 Å². The fourth-order valence-electron chi connectivity index (χ4n) is 3.51. The predicted octanol–water partition coefficient (Wildman–Crippen LogP) is 1.37. The van der Waals surface area contributed by atoms with Crippen molar-refractivity contribution in [3.63, 3.8) is 0 Å². The van der Waals surface area contributed by atoms with Gasteiger partial charge in [0.1, 0.15) is 18.0 Å². The Morgan fingerprint density at radius 1 is 1.50 bits per heavy atom. The molecule has 116 valence electrons. The largest absolute Gasteiger partial charge is 0.487 e. The molecule has 0 bridgehead atoms. The first-order chi connectivity index (χ1) is 10.5. The number of carbonyl (C=O) groups excluding carboxylic acids is 1. The summed E-state index contributed by atoms with van der Waals surface area (Å²) in [6.45, 7) is 0.599. The molecule has 3 heterocycles. The van der Waals surface area contributed by atoms with Gasteiger partial charge in [0, 0.05) is 23.7 Å². The molecule has 1 aromatic carbocycles. The normalized spacial score (nSPS) is 33.3. The smallest absolute Gasteiger partial charge is 0.264 e. The average molecular weight is 366 g/mol. The number of hydrogen-bond donors (Lipinski definition) is 1. The molecule has 1 saturated heterocycles. The van der Waals surface area contributed by atoms with Crippen molar-refractivity contribution in [1.82, 2.24) is 4.90 Å². The number of fused-ring (bicyclic) bond motifs is 4. The number of likely N-dealkylation sites (N-methyl/N-ethyl adjacent to an activating group) is 1. The molecule has 0 aromatic heterocycles. The summed E-state index contributed by atoms with van der Waals surface area (Å²) in [6.07, 6.45) is 1.12. The maximum Gasteiger partial charge on any atom is 0.264 e. The molecule has 1 spiro atoms. The molecule has 22 heavy (non-hydrogen) atoms. The van der Waals surface area contributed by atoms with Gasteiger partial charge in [-0.3, -0.25) is 9.69 Å². The quantitative estimate of drug-likeness (QED) is 0.753. The van der Waals surface area contributed by atoms with Crippen molar-refractivity contribution in [2.75, 3.05) is 13.7 Å². The van der Waals surface area contributed by atoms with Gasteiger partial charge in [-0.25, -0.2) is 4.99 Å². The van der Waals surface area contributed by atoms with Crippen LogP contribution in [0.15, 0.2) is 27.7 Å². The zero-order valence-electron chi connectivity index (χ0n) is 12.1. The van der Waals surface area contributed by atoms with Gasteiger partial charge in [0.2, 0.25) is 5.54 Å². The number of ether oxygens (including phenoxy) is 2. The second-order valence-corrected chi connectivity index (χ2v) is 6.75. The second kappa shape index (κ2) is 4.70. The maximum absolute atomic E-state index is 13.0. The molecule has 2 N–H and O–H groups in total. The molecule has 1 fully saturated rings. The zero-order chi connectivity index (χ0) is 15.5. The summed E-state index contributed by atoms with van der Waals surface area (Å²) in [5.74, 6) is 0.727. The number of nitrogens with two attached hydrogens (primary N) is 1. The fourth-order valence-corrected chi connectivity index (χ4v) is 3.87. The van der Waals surface area contributed by atoms with E-state index in [2.05, 4.69) is 20.9 Å². The molecule has 3 aliphatic rings. The predicted molar refractivity (Wildman–Crippen MR) is 83.6 cm³/mol. The number of guanidine groups is 1. The van der Waals surface area contributed by atoms with E-state index in [4.69, 9.17) is 15.2 Å². The van der Waals surface area contributed by atoms with Crippen molar-refractivity contribution < 1.29 is 14.3 Å². The number of nitrogens with zero attached hydrogens (tertiary/aromatic N) is 2. The lowest BCUT2D eigenvalue weighted by Crippen LogP contribution is -2.58. The van der Waals surface area contributed by atoms with Gasteiger partial charge in [-0.2, -0.15) is 0 Å². The Balaban J connectivity index is 1.97. The Morgan fingerprint density at radius 3 is 3.05 bits per heavy atom. The maximum atomic E-state index is 13.0. The summed E-state index contributed by atoms with van der Waals surface area (Å²) < 4.78 is 12.9. The lowest BCUT2D eigenvalue weighted by Gasteiger charge is -2.45. The number of hydrogen-bond acceptors (Lipinski definition) is 5. The number of carbonyl (C=O) groups is 1. The van der Waals surface area contributed by atoms with E-state index in [1.807, 2.05) is 18.2 Å². The molecule has 7 heteroatoms. The Labute approximate surface area is 136 Å². The first kappa shape index (κ1) is 14.0. The third kappa shape index (κ3) is 1.69. The molecule has 0 saturated carbocycles. The minimum atomic E-state index is -1.14. The summed E-state index contributed by atoms with van der Waals surface area (Å²) >= 11 is 3.46. The van der Waals surface area contributed by atoms with Crippen LogP contribution in [-0.4, -0.2) is 42.6 Å². The van der Waals surface area contributed by atoms with Gasteiger partial charge in [-0.05, 0) is 31.0 Å². The number of benzene rings is 1. The Kier molecular flexibility index (Phi) is 2.99. The van der Waals surface area contributed by atoms with Gasteiger partial charge in [0.05, 0.1) is 0 Å². The summed E-state index contributed by atoms with van der Waals surface area (Å²) in [4.78, 5) is 18.9. The number of halogens is 1. The third-order valence-electron chi connectivity index (χ3n) is 4.58. The zero-order valence-corrected chi connectivity index (χ0v) is 13.7. The molecule has 4 rings (SSSR count). The Morgan fingerprint density at radius 2 is 2.32 bits per heavy atom. The number of amides is 1. The van der Waals surface area contributed by atoms with Crippen molar-refractivity contribution in [3.05, 3.63) is 28.2 Å². The van der Waals surface area contributed by atoms with Crippen LogP contribution in [-0.2, 0) is 15.1 Å². The van der Waals surface area contributed by atoms with Crippen LogP contribution in [0.25, 0.3) is 0 Å². The van der Waals surface area contributed by atoms with Gasteiger partial charge < -0.3 is 15.2 Å². The molecule has 6 nitrogen and oxygen atoms in total. The monoisotopic (exact) mass is 365 g/mol. The Hall–Kier alpha value is -1.60. The molecule has 3 atom stereocenters. The molecule has 0 aliphatic carbocycles. The van der Waals surface area contributed by atoms with Crippen molar-refractivity contribution >= 4 is 27.8 Å². The van der Waals surface area contributed by atoms with E-state index >= 15 is 0 Å². The summed E-state index contributed by atoms with van der Waals surface area (Å²) in [5, 5.41) is 0. The highest BCUT2D eigenvalue weighted by molar-refractivity contribution is 9.10. The van der Waals surface area contributed by atoms with E-state index in [1.165, 1.54) is 4.90 Å². The van der Waals surface area contributed by atoms with E-state index in [0.717, 1.165) is 17.3 Å². The van der Waals surface area contributed by atoms with E-state index in [9.17, 15) is 4.79 Å². The standard InChI is InChI=1S/C15H16BrN3O3/c1-19-13(20)15(18-14(19)17)9-7-8(16)4-5-10(9)22-11-3-2-6-21-12(11)15/h4-5,7,11-12H,2-3,6H2,1H3,(H2,17,18)/t11-,12-,15-/m0/s1. The first-order valence-electron chi connectivity index (χ1n) is 7.26. The van der Waals surface area contributed by atoms with Gasteiger partial charge >= 0.3 is 0 Å². The van der Waals surface area contributed by atoms with Crippen molar-refractivity contribution in [2.24, 2.45) is 10.7 Å². The van der Waals surface area contributed by atoms with Crippen LogP contribution in [0.5, 0.6) is 5.75 Å². The minimum absolute atomic E-state index is 0.162. The van der Waals surface area contributed by atoms with Crippen LogP contribution in [0.2, 0.25) is 0 Å². The highest BCUT2D eigenvalue weighted by Gasteiger charge is 2.61. The van der Waals surface area contributed by atoms with Crippen LogP contribution < -0.4 is 10.5 Å². The lowest BCUT2D eigenvalue weighted by molar-refractivity contribution is -0.151. The number of rotatable bonds is 0. The van der Waals surface area contributed by atoms with E-state index in [1.54, 1.807) is 7.05 Å². The van der Waals surface area contributed by atoms with Gasteiger partial charge in [-0.15, -0.1) is 0 Å². The second-order valence-electron chi connectivity index (χ2n) is 5.83. The number of aliphatic imine (C=N–C) groups is 1. The summed E-state index contributed by atoms with van der Waals surface area (Å²) in [6, 6.07) is 5.63. The lowest BCUT2D eigenvalue weighted by atomic mass is 9.77. The molecular weight excluding hydrogens is 350 g/mol. The van der Waals surface area contributed by atoms with Crippen molar-refractivity contribution in [1.29, 1.82) is 0 Å². The summed E-state index contributed by atoms with van der Waals surface area (Å²) in [5.41, 5.74) is 5.51. The van der Waals surface area contributed by atoms with Crippen LogP contribution in [0.3, 0.4) is 0 Å². The summed E-state index contributed by atoms with van der Waals surface area (Å²) in [7, 11) is 1.64. The Bertz CT molecular complexity index is 693. The van der Waals surface area contributed by atoms with Crippen LogP contribution >= 0.6 is 15.9 Å².